The molecule has 1 aromatic heterocycles. The number of hydrogen-bond donors (Lipinski definition) is 1. The summed E-state index contributed by atoms with van der Waals surface area (Å²) in [6, 6.07) is 13.9. The molecule has 5 nitrogen and oxygen atoms in total. The topological polar surface area (TPSA) is 63.6 Å². The lowest BCUT2D eigenvalue weighted by molar-refractivity contribution is 0.0955. The average Bonchev–Trinajstić information content (AvgIpc) is 2.69. The summed E-state index contributed by atoms with van der Waals surface area (Å²) in [7, 11) is 0. The first-order valence-electron chi connectivity index (χ1n) is 8.12. The van der Waals surface area contributed by atoms with Crippen molar-refractivity contribution < 1.29 is 9.53 Å². The summed E-state index contributed by atoms with van der Waals surface area (Å²) in [6.07, 6.45) is 4.60. The lowest BCUT2D eigenvalue weighted by atomic mass is 10.2. The van der Waals surface area contributed by atoms with Crippen molar-refractivity contribution in [3.05, 3.63) is 92.1 Å². The first-order chi connectivity index (χ1) is 13.5. The van der Waals surface area contributed by atoms with E-state index in [1.54, 1.807) is 42.7 Å². The van der Waals surface area contributed by atoms with Crippen LogP contribution in [-0.4, -0.2) is 17.1 Å². The zero-order valence-electron chi connectivity index (χ0n) is 14.4. The van der Waals surface area contributed by atoms with Gasteiger partial charge in [-0.3, -0.25) is 9.78 Å². The van der Waals surface area contributed by atoms with Crippen molar-refractivity contribution in [2.75, 3.05) is 0 Å². The van der Waals surface area contributed by atoms with Gasteiger partial charge >= 0.3 is 0 Å². The van der Waals surface area contributed by atoms with Crippen LogP contribution >= 0.6 is 39.1 Å². The monoisotopic (exact) mass is 477 g/mol. The maximum atomic E-state index is 12.0. The molecule has 0 saturated carbocycles. The van der Waals surface area contributed by atoms with Crippen molar-refractivity contribution in [1.82, 2.24) is 10.4 Å². The molecule has 28 heavy (non-hydrogen) atoms. The number of carbonyl (C=O) groups is 1. The molecule has 1 amide bonds. The Kier molecular flexibility index (Phi) is 7.03. The number of hydrogen-bond acceptors (Lipinski definition) is 4. The second-order valence-corrected chi connectivity index (χ2v) is 7.40. The third-order valence-electron chi connectivity index (χ3n) is 3.68. The largest absolute Gasteiger partial charge is 0.488 e. The van der Waals surface area contributed by atoms with E-state index in [-0.39, 0.29) is 12.5 Å². The smallest absolute Gasteiger partial charge is 0.271 e. The summed E-state index contributed by atoms with van der Waals surface area (Å²) in [5, 5.41) is 5.11. The Morgan fingerprint density at radius 1 is 1.14 bits per heavy atom. The van der Waals surface area contributed by atoms with Gasteiger partial charge in [-0.2, -0.15) is 5.10 Å². The van der Waals surface area contributed by atoms with E-state index in [0.29, 0.717) is 26.9 Å². The number of aromatic nitrogens is 1. The van der Waals surface area contributed by atoms with Crippen LogP contribution in [0.5, 0.6) is 5.75 Å². The molecule has 0 fully saturated rings. The number of nitrogens with one attached hydrogen (secondary N) is 1. The standard InChI is InChI=1S/C20H14BrCl2N3O2/c21-16-2-4-19(28-12-14-1-3-17(22)10-18(14)23)15(9-16)11-25-26-20(27)13-5-7-24-8-6-13/h1-11H,12H2,(H,26,27)/b25-11-. The van der Waals surface area contributed by atoms with Gasteiger partial charge in [0.2, 0.25) is 0 Å². The number of nitrogens with zero attached hydrogens (tertiary/aromatic N) is 2. The van der Waals surface area contributed by atoms with E-state index in [4.69, 9.17) is 27.9 Å². The molecule has 8 heteroatoms. The van der Waals surface area contributed by atoms with E-state index >= 15 is 0 Å². The molecule has 0 aliphatic heterocycles. The average molecular weight is 479 g/mol. The quantitative estimate of drug-likeness (QED) is 0.376. The lowest BCUT2D eigenvalue weighted by Gasteiger charge is -2.11. The van der Waals surface area contributed by atoms with Gasteiger partial charge in [0.15, 0.2) is 0 Å². The van der Waals surface area contributed by atoms with Gasteiger partial charge in [0.05, 0.1) is 6.21 Å². The molecule has 1 heterocycles. The third-order valence-corrected chi connectivity index (χ3v) is 4.76. The molecule has 2 aromatic carbocycles. The van der Waals surface area contributed by atoms with Gasteiger partial charge in [0.1, 0.15) is 12.4 Å². The minimum atomic E-state index is -0.330. The predicted molar refractivity (Wildman–Crippen MR) is 114 cm³/mol. The molecule has 0 aliphatic rings. The first-order valence-corrected chi connectivity index (χ1v) is 9.67. The van der Waals surface area contributed by atoms with Crippen LogP contribution in [0.1, 0.15) is 21.5 Å². The number of amides is 1. The minimum absolute atomic E-state index is 0.266. The van der Waals surface area contributed by atoms with Crippen LogP contribution in [-0.2, 0) is 6.61 Å². The van der Waals surface area contributed by atoms with Crippen molar-refractivity contribution in [2.45, 2.75) is 6.61 Å². The SMILES string of the molecule is O=C(N/N=C\c1cc(Br)ccc1OCc1ccc(Cl)cc1Cl)c1ccncc1. The van der Waals surface area contributed by atoms with Crippen LogP contribution in [0.15, 0.2) is 70.5 Å². The highest BCUT2D eigenvalue weighted by atomic mass is 79.9. The molecule has 1 N–H and O–H groups in total. The van der Waals surface area contributed by atoms with Crippen molar-refractivity contribution >= 4 is 51.3 Å². The van der Waals surface area contributed by atoms with Gasteiger partial charge < -0.3 is 4.74 Å². The Balaban J connectivity index is 1.70. The van der Waals surface area contributed by atoms with E-state index in [9.17, 15) is 4.79 Å². The van der Waals surface area contributed by atoms with Crippen LogP contribution < -0.4 is 10.2 Å². The molecule has 3 aromatic rings. The summed E-state index contributed by atoms with van der Waals surface area (Å²) in [6.45, 7) is 0.266. The van der Waals surface area contributed by atoms with Gasteiger partial charge in [-0.25, -0.2) is 5.43 Å². The van der Waals surface area contributed by atoms with Crippen molar-refractivity contribution in [3.63, 3.8) is 0 Å². The number of pyridine rings is 1. The number of benzene rings is 2. The van der Waals surface area contributed by atoms with Crippen molar-refractivity contribution in [2.24, 2.45) is 5.10 Å². The lowest BCUT2D eigenvalue weighted by Crippen LogP contribution is -2.17. The summed E-state index contributed by atoms with van der Waals surface area (Å²) in [4.78, 5) is 15.9. The highest BCUT2D eigenvalue weighted by Gasteiger charge is 2.07. The van der Waals surface area contributed by atoms with Crippen molar-refractivity contribution in [3.8, 4) is 5.75 Å². The van der Waals surface area contributed by atoms with E-state index < -0.39 is 0 Å². The molecule has 0 unspecified atom stereocenters. The van der Waals surface area contributed by atoms with E-state index in [0.717, 1.165) is 10.0 Å². The van der Waals surface area contributed by atoms with Gasteiger partial charge in [-0.1, -0.05) is 45.2 Å². The second kappa shape index (κ2) is 9.68. The van der Waals surface area contributed by atoms with E-state index in [2.05, 4.69) is 31.4 Å². The van der Waals surface area contributed by atoms with Gasteiger partial charge in [-0.05, 0) is 42.5 Å². The zero-order chi connectivity index (χ0) is 19.9. The Hall–Kier alpha value is -2.41. The molecule has 0 atom stereocenters. The van der Waals surface area contributed by atoms with E-state index in [1.165, 1.54) is 6.21 Å². The fourth-order valence-corrected chi connectivity index (χ4v) is 3.12. The summed E-state index contributed by atoms with van der Waals surface area (Å²) in [5.74, 6) is 0.264. The second-order valence-electron chi connectivity index (χ2n) is 5.64. The normalized spacial score (nSPS) is 10.8. The van der Waals surface area contributed by atoms with Crippen molar-refractivity contribution in [1.29, 1.82) is 0 Å². The highest BCUT2D eigenvalue weighted by Crippen LogP contribution is 2.25. The highest BCUT2D eigenvalue weighted by molar-refractivity contribution is 9.10. The van der Waals surface area contributed by atoms with Crippen LogP contribution in [0, 0.1) is 0 Å². The van der Waals surface area contributed by atoms with Crippen LogP contribution in [0.25, 0.3) is 0 Å². The number of hydrazone groups is 1. The van der Waals surface area contributed by atoms with E-state index in [1.807, 2.05) is 18.2 Å². The summed E-state index contributed by atoms with van der Waals surface area (Å²) >= 11 is 15.5. The molecule has 142 valence electrons. The Labute approximate surface area is 180 Å². The Bertz CT molecular complexity index is 1010. The van der Waals surface area contributed by atoms with Crippen LogP contribution in [0.2, 0.25) is 10.0 Å². The molecular weight excluding hydrogens is 465 g/mol. The molecule has 0 spiro atoms. The first kappa shape index (κ1) is 20.3. The predicted octanol–water partition coefficient (Wildman–Crippen LogP) is 5.49. The summed E-state index contributed by atoms with van der Waals surface area (Å²) < 4.78 is 6.73. The van der Waals surface area contributed by atoms with Crippen LogP contribution in [0.3, 0.4) is 0 Å². The number of ether oxygens (including phenoxy) is 1. The fraction of sp³-hybridized carbons (Fsp3) is 0.0500. The zero-order valence-corrected chi connectivity index (χ0v) is 17.5. The Morgan fingerprint density at radius 3 is 2.68 bits per heavy atom. The molecular formula is C20H14BrCl2N3O2. The molecule has 3 rings (SSSR count). The molecule has 0 saturated heterocycles. The van der Waals surface area contributed by atoms with Gasteiger partial charge in [0.25, 0.3) is 5.91 Å². The molecule has 0 radical (unpaired) electrons. The molecule has 0 bridgehead atoms. The maximum absolute atomic E-state index is 12.0. The summed E-state index contributed by atoms with van der Waals surface area (Å²) in [5.41, 5.74) is 4.44. The van der Waals surface area contributed by atoms with Crippen LogP contribution in [0.4, 0.5) is 0 Å². The third kappa shape index (κ3) is 5.55. The fourth-order valence-electron chi connectivity index (χ4n) is 2.27. The Morgan fingerprint density at radius 2 is 1.93 bits per heavy atom. The van der Waals surface area contributed by atoms with Gasteiger partial charge in [0, 0.05) is 43.6 Å². The maximum Gasteiger partial charge on any atom is 0.271 e. The number of rotatable bonds is 6. The minimum Gasteiger partial charge on any atom is -0.488 e. The number of carbonyl (C=O) groups excluding carboxylic acids is 1. The van der Waals surface area contributed by atoms with Gasteiger partial charge in [-0.15, -0.1) is 0 Å². The number of halogens is 3. The molecule has 0 aliphatic carbocycles.